The molecule has 6 heterocycles. The molecule has 5 aromatic rings. The summed E-state index contributed by atoms with van der Waals surface area (Å²) in [7, 11) is 0. The maximum atomic E-state index is 4.79. The molecular weight excluding hydrogens is 402 g/mol. The van der Waals surface area contributed by atoms with Crippen LogP contribution in [0.15, 0.2) is 36.9 Å². The second-order valence-electron chi connectivity index (χ2n) is 8.80. The smallest absolute Gasteiger partial charge is 0.181 e. The fraction of sp³-hybridized carbons (Fsp3) is 0.348. The molecular formula is C23H23N9. The van der Waals surface area contributed by atoms with Crippen LogP contribution in [0.1, 0.15) is 38.1 Å². The first-order valence-corrected chi connectivity index (χ1v) is 11.3. The number of aromatic nitrogens is 8. The van der Waals surface area contributed by atoms with Crippen molar-refractivity contribution in [3.63, 3.8) is 0 Å². The van der Waals surface area contributed by atoms with Gasteiger partial charge >= 0.3 is 0 Å². The molecule has 0 atom stereocenters. The van der Waals surface area contributed by atoms with Crippen LogP contribution in [0.25, 0.3) is 44.8 Å². The number of aromatic amines is 2. The van der Waals surface area contributed by atoms with Crippen molar-refractivity contribution in [3.05, 3.63) is 36.9 Å². The molecule has 0 spiro atoms. The maximum absolute atomic E-state index is 4.79. The molecule has 2 fully saturated rings. The zero-order valence-electron chi connectivity index (χ0n) is 17.6. The normalized spacial score (nSPS) is 16.9. The summed E-state index contributed by atoms with van der Waals surface area (Å²) in [5, 5.41) is 13.0. The summed E-state index contributed by atoms with van der Waals surface area (Å²) in [4.78, 5) is 19.8. The molecule has 1 saturated heterocycles. The third-order valence-corrected chi connectivity index (χ3v) is 6.57. The van der Waals surface area contributed by atoms with Crippen molar-refractivity contribution in [2.45, 2.75) is 38.1 Å². The summed E-state index contributed by atoms with van der Waals surface area (Å²) in [5.41, 5.74) is 6.45. The number of anilines is 1. The molecule has 9 nitrogen and oxygen atoms in total. The van der Waals surface area contributed by atoms with Crippen molar-refractivity contribution in [2.24, 2.45) is 0 Å². The number of pyridine rings is 2. The van der Waals surface area contributed by atoms with E-state index in [1.165, 1.54) is 37.8 Å². The number of hydrogen-bond donors (Lipinski definition) is 2. The van der Waals surface area contributed by atoms with Crippen LogP contribution in [0.2, 0.25) is 0 Å². The summed E-state index contributed by atoms with van der Waals surface area (Å²) < 4.78 is 2.06. The molecule has 1 aliphatic carbocycles. The molecule has 2 N–H and O–H groups in total. The summed E-state index contributed by atoms with van der Waals surface area (Å²) in [6.07, 6.45) is 13.9. The van der Waals surface area contributed by atoms with E-state index in [-0.39, 0.29) is 0 Å². The van der Waals surface area contributed by atoms with Crippen molar-refractivity contribution in [1.29, 1.82) is 0 Å². The van der Waals surface area contributed by atoms with Gasteiger partial charge in [-0.1, -0.05) is 0 Å². The number of imidazole rings is 1. The van der Waals surface area contributed by atoms with Crippen LogP contribution in [0.4, 0.5) is 5.69 Å². The van der Waals surface area contributed by atoms with E-state index in [9.17, 15) is 0 Å². The third-order valence-electron chi connectivity index (χ3n) is 6.57. The molecule has 0 unspecified atom stereocenters. The third kappa shape index (κ3) is 2.88. The van der Waals surface area contributed by atoms with Gasteiger partial charge in [-0.2, -0.15) is 10.2 Å². The Hall–Kier alpha value is -3.75. The minimum absolute atomic E-state index is 0.557. The molecule has 0 amide bonds. The molecule has 0 aromatic carbocycles. The molecule has 2 aliphatic rings. The fourth-order valence-corrected chi connectivity index (χ4v) is 4.68. The number of nitrogens with one attached hydrogen (secondary N) is 2. The summed E-state index contributed by atoms with van der Waals surface area (Å²) in [6, 6.07) is 4.75. The van der Waals surface area contributed by atoms with Gasteiger partial charge in [-0.25, -0.2) is 15.0 Å². The molecule has 5 aromatic heterocycles. The van der Waals surface area contributed by atoms with Crippen LogP contribution in [-0.4, -0.2) is 53.0 Å². The Kier molecular flexibility index (Phi) is 3.84. The van der Waals surface area contributed by atoms with Crippen LogP contribution in [0, 0.1) is 0 Å². The molecule has 0 radical (unpaired) electrons. The average Bonchev–Trinajstić information content (AvgIpc) is 3.24. The lowest BCUT2D eigenvalue weighted by Crippen LogP contribution is -2.29. The second kappa shape index (κ2) is 6.88. The number of nitrogens with zero attached hydrogens (tertiary/aromatic N) is 7. The summed E-state index contributed by atoms with van der Waals surface area (Å²) in [5.74, 6) is 0.729. The zero-order chi connectivity index (χ0) is 21.1. The van der Waals surface area contributed by atoms with E-state index in [0.29, 0.717) is 11.7 Å². The van der Waals surface area contributed by atoms with Crippen molar-refractivity contribution < 1.29 is 0 Å². The van der Waals surface area contributed by atoms with Gasteiger partial charge in [0.15, 0.2) is 17.1 Å². The summed E-state index contributed by atoms with van der Waals surface area (Å²) >= 11 is 0. The number of rotatable bonds is 4. The van der Waals surface area contributed by atoms with E-state index >= 15 is 0 Å². The Balaban J connectivity index is 1.31. The predicted octanol–water partition coefficient (Wildman–Crippen LogP) is 4.08. The van der Waals surface area contributed by atoms with E-state index in [4.69, 9.17) is 4.98 Å². The standard InChI is InChI=1S/C23H23N9/c1-2-8-31(9-3-1)18-6-7-24-22-20(18)27-23(28-22)19-17-10-14(11-25-21(17)30-29-19)15-12-26-32(13-15)16-4-5-16/h6-7,10-13,16H,1-5,8-9H2,(H,24,27,28)(H,25,29,30). The van der Waals surface area contributed by atoms with E-state index < -0.39 is 0 Å². The topological polar surface area (TPSA) is 104 Å². The monoisotopic (exact) mass is 425 g/mol. The Bertz CT molecular complexity index is 1430. The first-order chi connectivity index (χ1) is 15.8. The predicted molar refractivity (Wildman–Crippen MR) is 122 cm³/mol. The lowest BCUT2D eigenvalue weighted by Gasteiger charge is -2.28. The van der Waals surface area contributed by atoms with Gasteiger partial charge in [-0.15, -0.1) is 0 Å². The van der Waals surface area contributed by atoms with E-state index in [0.717, 1.165) is 52.3 Å². The van der Waals surface area contributed by atoms with E-state index in [1.807, 2.05) is 18.6 Å². The molecule has 1 saturated carbocycles. The first kappa shape index (κ1) is 17.9. The fourth-order valence-electron chi connectivity index (χ4n) is 4.68. The molecule has 0 bridgehead atoms. The Morgan fingerprint density at radius 1 is 0.969 bits per heavy atom. The SMILES string of the molecule is c1cc(N2CCCCC2)c2[nH]c(-c3[nH]nc4ncc(-c5cnn(C6CC6)c5)cc34)nc2n1. The quantitative estimate of drug-likeness (QED) is 0.450. The minimum Gasteiger partial charge on any atom is -0.370 e. The van der Waals surface area contributed by atoms with Gasteiger partial charge in [-0.05, 0) is 44.2 Å². The van der Waals surface area contributed by atoms with Crippen molar-refractivity contribution in [2.75, 3.05) is 18.0 Å². The summed E-state index contributed by atoms with van der Waals surface area (Å²) in [6.45, 7) is 2.14. The van der Waals surface area contributed by atoms with Gasteiger partial charge in [0.25, 0.3) is 0 Å². The first-order valence-electron chi connectivity index (χ1n) is 11.3. The molecule has 7 rings (SSSR count). The van der Waals surface area contributed by atoms with Gasteiger partial charge in [0, 0.05) is 42.8 Å². The van der Waals surface area contributed by atoms with Crippen LogP contribution in [0.5, 0.6) is 0 Å². The number of fused-ring (bicyclic) bond motifs is 2. The number of piperidine rings is 1. The highest BCUT2D eigenvalue weighted by Crippen LogP contribution is 2.36. The van der Waals surface area contributed by atoms with Crippen LogP contribution in [0.3, 0.4) is 0 Å². The molecule has 9 heteroatoms. The van der Waals surface area contributed by atoms with Crippen molar-refractivity contribution >= 4 is 27.9 Å². The molecule has 1 aliphatic heterocycles. The largest absolute Gasteiger partial charge is 0.370 e. The Morgan fingerprint density at radius 3 is 2.75 bits per heavy atom. The Labute approximate surface area is 183 Å². The van der Waals surface area contributed by atoms with Crippen molar-refractivity contribution in [3.8, 4) is 22.6 Å². The number of hydrogen-bond acceptors (Lipinski definition) is 6. The van der Waals surface area contributed by atoms with E-state index in [2.05, 4.69) is 58.2 Å². The van der Waals surface area contributed by atoms with Crippen molar-refractivity contribution in [1.82, 2.24) is 39.9 Å². The lowest BCUT2D eigenvalue weighted by molar-refractivity contribution is 0.578. The van der Waals surface area contributed by atoms with Gasteiger partial charge in [-0.3, -0.25) is 9.78 Å². The Morgan fingerprint density at radius 2 is 1.88 bits per heavy atom. The van der Waals surface area contributed by atoms with Gasteiger partial charge in [0.1, 0.15) is 11.2 Å². The van der Waals surface area contributed by atoms with Crippen LogP contribution in [-0.2, 0) is 0 Å². The zero-order valence-corrected chi connectivity index (χ0v) is 17.6. The average molecular weight is 426 g/mol. The van der Waals surface area contributed by atoms with Crippen LogP contribution >= 0.6 is 0 Å². The van der Waals surface area contributed by atoms with Crippen LogP contribution < -0.4 is 4.90 Å². The minimum atomic E-state index is 0.557. The lowest BCUT2D eigenvalue weighted by atomic mass is 10.1. The van der Waals surface area contributed by atoms with Gasteiger partial charge in [0.2, 0.25) is 0 Å². The van der Waals surface area contributed by atoms with Gasteiger partial charge < -0.3 is 9.88 Å². The maximum Gasteiger partial charge on any atom is 0.181 e. The number of H-pyrrole nitrogens is 2. The second-order valence-corrected chi connectivity index (χ2v) is 8.80. The van der Waals surface area contributed by atoms with Gasteiger partial charge in [0.05, 0.1) is 23.3 Å². The molecule has 160 valence electrons. The highest BCUT2D eigenvalue weighted by atomic mass is 15.3. The van der Waals surface area contributed by atoms with E-state index in [1.54, 1.807) is 0 Å². The highest BCUT2D eigenvalue weighted by Gasteiger charge is 2.24. The molecule has 32 heavy (non-hydrogen) atoms. The highest BCUT2D eigenvalue weighted by molar-refractivity contribution is 5.95.